The molecule has 0 bridgehead atoms. The van der Waals surface area contributed by atoms with Gasteiger partial charge in [0.05, 0.1) is 5.56 Å². The molecular formula is C14H6F4N4O. The number of hydrogen-bond donors (Lipinski definition) is 2. The topological polar surface area (TPSA) is 106 Å². The molecule has 0 unspecified atom stereocenters. The fourth-order valence-corrected chi connectivity index (χ4v) is 2.03. The highest BCUT2D eigenvalue weighted by molar-refractivity contribution is 5.80. The molecule has 5 nitrogen and oxygen atoms in total. The first kappa shape index (κ1) is 16.0. The Morgan fingerprint density at radius 3 is 2.22 bits per heavy atom. The highest BCUT2D eigenvalue weighted by Gasteiger charge is 2.32. The van der Waals surface area contributed by atoms with E-state index < -0.39 is 51.2 Å². The molecule has 2 rings (SSSR count). The molecule has 1 aromatic carbocycles. The van der Waals surface area contributed by atoms with Gasteiger partial charge in [-0.05, 0) is 23.8 Å². The molecule has 0 spiro atoms. The minimum absolute atomic E-state index is 0.262. The fraction of sp³-hybridized carbons (Fsp3) is 0.0714. The summed E-state index contributed by atoms with van der Waals surface area (Å²) in [6.45, 7) is 0. The first-order valence-electron chi connectivity index (χ1n) is 5.93. The number of halogens is 4. The van der Waals surface area contributed by atoms with Crippen LogP contribution in [0.15, 0.2) is 23.0 Å². The van der Waals surface area contributed by atoms with Gasteiger partial charge in [0, 0.05) is 5.56 Å². The van der Waals surface area contributed by atoms with Crippen molar-refractivity contribution in [3.63, 3.8) is 0 Å². The molecule has 0 aliphatic rings. The van der Waals surface area contributed by atoms with Crippen molar-refractivity contribution in [1.82, 2.24) is 4.98 Å². The zero-order valence-electron chi connectivity index (χ0n) is 11.1. The van der Waals surface area contributed by atoms with Crippen molar-refractivity contribution in [2.75, 3.05) is 5.73 Å². The highest BCUT2D eigenvalue weighted by atomic mass is 19.4. The molecule has 9 heteroatoms. The number of aromatic amines is 1. The van der Waals surface area contributed by atoms with Crippen LogP contribution in [0.2, 0.25) is 0 Å². The summed E-state index contributed by atoms with van der Waals surface area (Å²) in [7, 11) is 0. The third-order valence-electron chi connectivity index (χ3n) is 2.98. The van der Waals surface area contributed by atoms with Crippen LogP contribution in [0.1, 0.15) is 16.7 Å². The number of pyridine rings is 1. The van der Waals surface area contributed by atoms with Gasteiger partial charge >= 0.3 is 6.18 Å². The Morgan fingerprint density at radius 2 is 1.70 bits per heavy atom. The summed E-state index contributed by atoms with van der Waals surface area (Å²) in [5.41, 5.74) is 1.21. The molecule has 1 heterocycles. The van der Waals surface area contributed by atoms with Gasteiger partial charge in [-0.15, -0.1) is 0 Å². The number of nitriles is 2. The van der Waals surface area contributed by atoms with Crippen LogP contribution in [-0.2, 0) is 6.18 Å². The molecule has 0 fully saturated rings. The van der Waals surface area contributed by atoms with Crippen LogP contribution < -0.4 is 11.3 Å². The van der Waals surface area contributed by atoms with Gasteiger partial charge in [-0.1, -0.05) is 0 Å². The fourth-order valence-electron chi connectivity index (χ4n) is 2.03. The van der Waals surface area contributed by atoms with Gasteiger partial charge in [0.1, 0.15) is 34.9 Å². The highest BCUT2D eigenvalue weighted by Crippen LogP contribution is 2.35. The number of alkyl halides is 3. The molecule has 0 aliphatic carbocycles. The van der Waals surface area contributed by atoms with Crippen molar-refractivity contribution in [2.24, 2.45) is 0 Å². The summed E-state index contributed by atoms with van der Waals surface area (Å²) in [4.78, 5) is 13.8. The van der Waals surface area contributed by atoms with Gasteiger partial charge in [0.15, 0.2) is 0 Å². The van der Waals surface area contributed by atoms with Crippen LogP contribution in [0.4, 0.5) is 23.4 Å². The van der Waals surface area contributed by atoms with Gasteiger partial charge in [0.2, 0.25) is 0 Å². The lowest BCUT2D eigenvalue weighted by Gasteiger charge is -2.12. The van der Waals surface area contributed by atoms with E-state index >= 15 is 0 Å². The summed E-state index contributed by atoms with van der Waals surface area (Å²) >= 11 is 0. The van der Waals surface area contributed by atoms with E-state index in [4.69, 9.17) is 16.3 Å². The van der Waals surface area contributed by atoms with E-state index in [1.165, 1.54) is 6.07 Å². The maximum atomic E-state index is 13.5. The molecule has 0 aliphatic heterocycles. The molecular weight excluding hydrogens is 316 g/mol. The Labute approximate surface area is 126 Å². The van der Waals surface area contributed by atoms with Gasteiger partial charge in [-0.25, -0.2) is 4.39 Å². The van der Waals surface area contributed by atoms with Crippen molar-refractivity contribution >= 4 is 5.82 Å². The van der Waals surface area contributed by atoms with Crippen LogP contribution in [0, 0.1) is 28.5 Å². The molecule has 2 aromatic rings. The van der Waals surface area contributed by atoms with Crippen molar-refractivity contribution in [1.29, 1.82) is 10.5 Å². The van der Waals surface area contributed by atoms with E-state index in [1.54, 1.807) is 6.07 Å². The first-order chi connectivity index (χ1) is 10.7. The lowest BCUT2D eigenvalue weighted by molar-refractivity contribution is -0.137. The zero-order chi connectivity index (χ0) is 17.4. The maximum Gasteiger partial charge on any atom is 0.416 e. The number of anilines is 1. The number of benzene rings is 1. The quantitative estimate of drug-likeness (QED) is 0.787. The Balaban J connectivity index is 2.94. The third-order valence-corrected chi connectivity index (χ3v) is 2.98. The van der Waals surface area contributed by atoms with Crippen LogP contribution >= 0.6 is 0 Å². The number of nitrogens with two attached hydrogens (primary N) is 1. The Hall–Kier alpha value is -3.33. The van der Waals surface area contributed by atoms with E-state index in [-0.39, 0.29) is 6.07 Å². The number of nitrogens with zero attached hydrogens (tertiary/aromatic N) is 2. The van der Waals surface area contributed by atoms with E-state index in [9.17, 15) is 22.4 Å². The van der Waals surface area contributed by atoms with Gasteiger partial charge in [0.25, 0.3) is 5.56 Å². The van der Waals surface area contributed by atoms with Crippen molar-refractivity contribution in [3.05, 3.63) is 51.1 Å². The van der Waals surface area contributed by atoms with E-state index in [1.807, 2.05) is 4.98 Å². The van der Waals surface area contributed by atoms with E-state index in [2.05, 4.69) is 0 Å². The van der Waals surface area contributed by atoms with Crippen molar-refractivity contribution in [2.45, 2.75) is 6.18 Å². The third kappa shape index (κ3) is 2.85. The molecule has 0 amide bonds. The predicted octanol–water partition coefficient (Wildman–Crippen LogP) is 2.53. The van der Waals surface area contributed by atoms with Gasteiger partial charge in [-0.3, -0.25) is 4.79 Å². The van der Waals surface area contributed by atoms with Gasteiger partial charge < -0.3 is 10.7 Å². The predicted molar refractivity (Wildman–Crippen MR) is 71.3 cm³/mol. The summed E-state index contributed by atoms with van der Waals surface area (Å²) in [5, 5.41) is 18.1. The molecule has 0 saturated carbocycles. The number of nitrogens with one attached hydrogen (secondary N) is 1. The summed E-state index contributed by atoms with van der Waals surface area (Å²) in [6.07, 6.45) is -4.84. The lowest BCUT2D eigenvalue weighted by Crippen LogP contribution is -2.16. The average molecular weight is 322 g/mol. The molecule has 23 heavy (non-hydrogen) atoms. The number of H-pyrrole nitrogens is 1. The number of hydrogen-bond acceptors (Lipinski definition) is 4. The normalized spacial score (nSPS) is 10.9. The summed E-state index contributed by atoms with van der Waals surface area (Å²) < 4.78 is 51.9. The monoisotopic (exact) mass is 322 g/mol. The smallest absolute Gasteiger partial charge is 0.384 e. The summed E-state index contributed by atoms with van der Waals surface area (Å²) in [5.74, 6) is -1.66. The largest absolute Gasteiger partial charge is 0.416 e. The molecule has 0 atom stereocenters. The Morgan fingerprint density at radius 1 is 1.09 bits per heavy atom. The SMILES string of the molecule is N#Cc1c(N)[nH]c(=O)c(C#N)c1-c1cc(F)cc(C(F)(F)F)c1. The van der Waals surface area contributed by atoms with Crippen LogP contribution in [0.25, 0.3) is 11.1 Å². The minimum Gasteiger partial charge on any atom is -0.384 e. The number of nitrogen functional groups attached to an aromatic ring is 1. The van der Waals surface area contributed by atoms with E-state index in [0.29, 0.717) is 12.1 Å². The Kier molecular flexibility index (Phi) is 3.81. The average Bonchev–Trinajstić information content (AvgIpc) is 2.45. The Bertz CT molecular complexity index is 932. The first-order valence-corrected chi connectivity index (χ1v) is 5.93. The minimum atomic E-state index is -4.84. The maximum absolute atomic E-state index is 13.5. The second-order valence-corrected chi connectivity index (χ2v) is 4.44. The van der Waals surface area contributed by atoms with Crippen LogP contribution in [-0.4, -0.2) is 4.98 Å². The molecule has 0 saturated heterocycles. The molecule has 1 aromatic heterocycles. The molecule has 0 radical (unpaired) electrons. The van der Waals surface area contributed by atoms with E-state index in [0.717, 1.165) is 0 Å². The molecule has 116 valence electrons. The second kappa shape index (κ2) is 5.46. The number of aromatic nitrogens is 1. The van der Waals surface area contributed by atoms with Crippen LogP contribution in [0.5, 0.6) is 0 Å². The lowest BCUT2D eigenvalue weighted by atomic mass is 9.95. The second-order valence-electron chi connectivity index (χ2n) is 4.44. The standard InChI is InChI=1S/C14H6F4N4O/c15-8-2-6(1-7(3-8)14(16,17)18)11-9(4-19)12(21)22-13(23)10(11)5-20/h1-3H,(H3,21,22,23). The van der Waals surface area contributed by atoms with Gasteiger partial charge in [-0.2, -0.15) is 23.7 Å². The number of rotatable bonds is 1. The zero-order valence-corrected chi connectivity index (χ0v) is 11.1. The van der Waals surface area contributed by atoms with Crippen molar-refractivity contribution in [3.8, 4) is 23.3 Å². The summed E-state index contributed by atoms with van der Waals surface area (Å²) in [6, 6.07) is 4.57. The molecule has 3 N–H and O–H groups in total. The van der Waals surface area contributed by atoms with Crippen molar-refractivity contribution < 1.29 is 17.6 Å². The van der Waals surface area contributed by atoms with Crippen LogP contribution in [0.3, 0.4) is 0 Å².